The number of hydrogen-bond acceptors (Lipinski definition) is 5. The minimum atomic E-state index is -0.548. The number of imide groups is 1. The lowest BCUT2D eigenvalue weighted by Crippen LogP contribution is -2.50. The van der Waals surface area contributed by atoms with E-state index in [-0.39, 0.29) is 24.7 Å². The van der Waals surface area contributed by atoms with Gasteiger partial charge in [-0.3, -0.25) is 19.8 Å². The number of amides is 3. The van der Waals surface area contributed by atoms with Gasteiger partial charge < -0.3 is 0 Å². The zero-order valence-electron chi connectivity index (χ0n) is 8.21. The molecule has 1 saturated heterocycles. The largest absolute Gasteiger partial charge is 0.329 e. The summed E-state index contributed by atoms with van der Waals surface area (Å²) in [6, 6.07) is 0.892. The summed E-state index contributed by atoms with van der Waals surface area (Å²) in [5.74, 6) is -0.0599. The van der Waals surface area contributed by atoms with Crippen molar-refractivity contribution >= 4 is 24.0 Å². The highest BCUT2D eigenvalue weighted by atomic mass is 16.2. The topological polar surface area (TPSA) is 92.3 Å². The number of aldehydes is 1. The molecular formula is C9H8N4O3. The normalized spacial score (nSPS) is 15.9. The number of carbonyl (C=O) groups is 3. The van der Waals surface area contributed by atoms with Crippen molar-refractivity contribution in [2.75, 3.05) is 11.4 Å². The van der Waals surface area contributed by atoms with E-state index >= 15 is 0 Å². The Morgan fingerprint density at radius 1 is 1.44 bits per heavy atom. The summed E-state index contributed by atoms with van der Waals surface area (Å²) in [6.07, 6.45) is 2.12. The van der Waals surface area contributed by atoms with Gasteiger partial charge in [0.15, 0.2) is 12.1 Å². The Bertz CT molecular complexity index is 460. The summed E-state index contributed by atoms with van der Waals surface area (Å²) in [5, 5.41) is 9.48. The Morgan fingerprint density at radius 3 is 2.94 bits per heavy atom. The molecule has 0 aliphatic carbocycles. The van der Waals surface area contributed by atoms with E-state index in [4.69, 9.17) is 0 Å². The van der Waals surface area contributed by atoms with Crippen LogP contribution >= 0.6 is 0 Å². The number of carbonyl (C=O) groups excluding carboxylic acids is 3. The molecule has 2 heterocycles. The van der Waals surface area contributed by atoms with Gasteiger partial charge in [-0.25, -0.2) is 4.79 Å². The molecule has 82 valence electrons. The van der Waals surface area contributed by atoms with Gasteiger partial charge in [0.2, 0.25) is 5.91 Å². The highest BCUT2D eigenvalue weighted by Crippen LogP contribution is 2.13. The third-order valence-corrected chi connectivity index (χ3v) is 2.13. The molecule has 0 radical (unpaired) electrons. The smallest absolute Gasteiger partial charge is 0.298 e. The van der Waals surface area contributed by atoms with E-state index in [1.807, 2.05) is 0 Å². The summed E-state index contributed by atoms with van der Waals surface area (Å²) in [5.41, 5.74) is 0.328. The van der Waals surface area contributed by atoms with Crippen LogP contribution in [0.2, 0.25) is 0 Å². The minimum Gasteiger partial charge on any atom is -0.298 e. The van der Waals surface area contributed by atoms with Crippen molar-refractivity contribution in [3.63, 3.8) is 0 Å². The molecule has 16 heavy (non-hydrogen) atoms. The van der Waals surface area contributed by atoms with E-state index in [0.29, 0.717) is 11.8 Å². The van der Waals surface area contributed by atoms with Gasteiger partial charge in [0.1, 0.15) is 0 Å². The van der Waals surface area contributed by atoms with E-state index in [9.17, 15) is 14.4 Å². The fourth-order valence-corrected chi connectivity index (χ4v) is 1.35. The van der Waals surface area contributed by atoms with Gasteiger partial charge in [0.05, 0.1) is 6.20 Å². The van der Waals surface area contributed by atoms with Crippen molar-refractivity contribution in [3.8, 4) is 0 Å². The molecule has 1 aromatic rings. The van der Waals surface area contributed by atoms with Crippen LogP contribution in [0.5, 0.6) is 0 Å². The molecule has 1 aliphatic heterocycles. The van der Waals surface area contributed by atoms with Gasteiger partial charge >= 0.3 is 6.03 Å². The molecular weight excluding hydrogens is 212 g/mol. The molecule has 3 amide bonds. The average Bonchev–Trinajstić information content (AvgIpc) is 2.29. The molecule has 1 aromatic heterocycles. The fourth-order valence-electron chi connectivity index (χ4n) is 1.35. The first kappa shape index (κ1) is 10.2. The minimum absolute atomic E-state index is 0.207. The number of urea groups is 1. The van der Waals surface area contributed by atoms with E-state index in [1.165, 1.54) is 17.2 Å². The standard InChI is InChI=1S/C9H8N4O3/c14-5-6-3-7(12-10-4-6)13-2-1-8(15)11-9(13)16/h3-5H,1-2H2,(H,11,15,16). The van der Waals surface area contributed by atoms with Gasteiger partial charge in [-0.15, -0.1) is 5.10 Å². The van der Waals surface area contributed by atoms with Crippen LogP contribution in [0.1, 0.15) is 16.8 Å². The Morgan fingerprint density at radius 2 is 2.25 bits per heavy atom. The summed E-state index contributed by atoms with van der Waals surface area (Å²) in [7, 11) is 0. The van der Waals surface area contributed by atoms with E-state index in [0.717, 1.165) is 0 Å². The van der Waals surface area contributed by atoms with Crippen LogP contribution in [0.4, 0.5) is 10.6 Å². The number of aromatic nitrogens is 2. The average molecular weight is 220 g/mol. The van der Waals surface area contributed by atoms with Crippen LogP contribution in [0.3, 0.4) is 0 Å². The Kier molecular flexibility index (Phi) is 2.59. The van der Waals surface area contributed by atoms with Gasteiger partial charge in [-0.05, 0) is 6.07 Å². The molecule has 1 aliphatic rings. The first-order valence-electron chi connectivity index (χ1n) is 4.60. The number of anilines is 1. The van der Waals surface area contributed by atoms with Crippen LogP contribution in [-0.4, -0.2) is 35.0 Å². The van der Waals surface area contributed by atoms with Gasteiger partial charge in [-0.1, -0.05) is 0 Å². The highest BCUT2D eigenvalue weighted by Gasteiger charge is 2.25. The van der Waals surface area contributed by atoms with Gasteiger partial charge in [0.25, 0.3) is 0 Å². The molecule has 0 saturated carbocycles. The molecule has 0 atom stereocenters. The molecule has 7 nitrogen and oxygen atoms in total. The lowest BCUT2D eigenvalue weighted by Gasteiger charge is -2.24. The van der Waals surface area contributed by atoms with Crippen LogP contribution in [0.25, 0.3) is 0 Å². The monoisotopic (exact) mass is 220 g/mol. The lowest BCUT2D eigenvalue weighted by atomic mass is 10.3. The van der Waals surface area contributed by atoms with Crippen molar-refractivity contribution in [2.24, 2.45) is 0 Å². The predicted octanol–water partition coefficient (Wildman–Crippen LogP) is -0.265. The maximum Gasteiger partial charge on any atom is 0.329 e. The van der Waals surface area contributed by atoms with E-state index in [1.54, 1.807) is 0 Å². The molecule has 0 bridgehead atoms. The number of nitrogens with one attached hydrogen (secondary N) is 1. The fraction of sp³-hybridized carbons (Fsp3) is 0.222. The van der Waals surface area contributed by atoms with Crippen molar-refractivity contribution in [2.45, 2.75) is 6.42 Å². The summed E-state index contributed by atoms with van der Waals surface area (Å²) >= 11 is 0. The third kappa shape index (κ3) is 1.88. The van der Waals surface area contributed by atoms with Crippen molar-refractivity contribution < 1.29 is 14.4 Å². The number of rotatable bonds is 2. The van der Waals surface area contributed by atoms with Crippen molar-refractivity contribution in [1.82, 2.24) is 15.5 Å². The Hall–Kier alpha value is -2.31. The summed E-state index contributed by atoms with van der Waals surface area (Å²) in [4.78, 5) is 34.2. The van der Waals surface area contributed by atoms with Crippen LogP contribution in [-0.2, 0) is 4.79 Å². The molecule has 1 fully saturated rings. The SMILES string of the molecule is O=Cc1cnnc(N2CCC(=O)NC2=O)c1. The lowest BCUT2D eigenvalue weighted by molar-refractivity contribution is -0.120. The predicted molar refractivity (Wildman–Crippen MR) is 52.9 cm³/mol. The zero-order chi connectivity index (χ0) is 11.5. The summed E-state index contributed by atoms with van der Waals surface area (Å²) in [6.45, 7) is 0.238. The first-order valence-corrected chi connectivity index (χ1v) is 4.60. The van der Waals surface area contributed by atoms with Crippen molar-refractivity contribution in [1.29, 1.82) is 0 Å². The molecule has 0 unspecified atom stereocenters. The van der Waals surface area contributed by atoms with Gasteiger partial charge in [-0.2, -0.15) is 5.10 Å². The van der Waals surface area contributed by atoms with Crippen LogP contribution < -0.4 is 10.2 Å². The molecule has 1 N–H and O–H groups in total. The highest BCUT2D eigenvalue weighted by molar-refractivity contribution is 6.05. The maximum atomic E-state index is 11.4. The number of nitrogens with zero attached hydrogens (tertiary/aromatic N) is 3. The second-order valence-corrected chi connectivity index (χ2v) is 3.22. The van der Waals surface area contributed by atoms with Gasteiger partial charge in [0, 0.05) is 18.5 Å². The summed E-state index contributed by atoms with van der Waals surface area (Å²) < 4.78 is 0. The molecule has 0 aromatic carbocycles. The Labute approximate surface area is 90.5 Å². The molecule has 7 heteroatoms. The second kappa shape index (κ2) is 4.05. The third-order valence-electron chi connectivity index (χ3n) is 2.13. The molecule has 0 spiro atoms. The first-order chi connectivity index (χ1) is 7.70. The second-order valence-electron chi connectivity index (χ2n) is 3.22. The van der Waals surface area contributed by atoms with Crippen LogP contribution in [0, 0.1) is 0 Å². The number of hydrogen-bond donors (Lipinski definition) is 1. The zero-order valence-corrected chi connectivity index (χ0v) is 8.21. The Balaban J connectivity index is 2.26. The quantitative estimate of drug-likeness (QED) is 0.693. The molecule has 2 rings (SSSR count). The van der Waals surface area contributed by atoms with E-state index in [2.05, 4.69) is 15.5 Å². The van der Waals surface area contributed by atoms with Crippen molar-refractivity contribution in [3.05, 3.63) is 17.8 Å². The maximum absolute atomic E-state index is 11.4. The van der Waals surface area contributed by atoms with Crippen LogP contribution in [0.15, 0.2) is 12.3 Å². The van der Waals surface area contributed by atoms with E-state index < -0.39 is 6.03 Å².